The van der Waals surface area contributed by atoms with Gasteiger partial charge in [0.15, 0.2) is 0 Å². The Balaban J connectivity index is 0. The average Bonchev–Trinajstić information content (AvgIpc) is 1.75. The van der Waals surface area contributed by atoms with E-state index in [2.05, 4.69) is 21.7 Å². The molecule has 0 saturated carbocycles. The lowest BCUT2D eigenvalue weighted by Gasteiger charge is -1.79. The number of rotatable bonds is 2. The van der Waals surface area contributed by atoms with E-state index in [9.17, 15) is 0 Å². The Morgan fingerprint density at radius 2 is 1.29 bits per heavy atom. The van der Waals surface area contributed by atoms with Crippen molar-refractivity contribution in [2.45, 2.75) is 39.9 Å². The molecule has 0 bridgehead atoms. The zero-order valence-corrected chi connectivity index (χ0v) is 5.70. The second-order valence-corrected chi connectivity index (χ2v) is 1.35. The van der Waals surface area contributed by atoms with Gasteiger partial charge in [-0.3, -0.25) is 0 Å². The first-order chi connectivity index (χ1) is 3.41. The first-order valence-corrected chi connectivity index (χ1v) is 2.99. The molecule has 0 aromatic rings. The second kappa shape index (κ2) is 16.6. The lowest BCUT2D eigenvalue weighted by Crippen LogP contribution is -1.59. The van der Waals surface area contributed by atoms with Crippen LogP contribution in [0.1, 0.15) is 33.1 Å². The number of hydrogen-bond acceptors (Lipinski definition) is 0. The molecule has 0 heterocycles. The fraction of sp³-hybridized carbons (Fsp3) is 1.00. The molecule has 0 saturated heterocycles. The van der Waals surface area contributed by atoms with Gasteiger partial charge in [0.25, 0.3) is 0 Å². The Bertz CT molecular complexity index is 11.7. The molecule has 0 unspecified atom stereocenters. The molecule has 0 aliphatic carbocycles. The van der Waals surface area contributed by atoms with Crippen LogP contribution in [0.2, 0.25) is 6.82 Å². The van der Waals surface area contributed by atoms with Crippen LogP contribution in [0.4, 0.5) is 0 Å². The molecule has 0 spiro atoms. The molecule has 7 heavy (non-hydrogen) atoms. The summed E-state index contributed by atoms with van der Waals surface area (Å²) in [6, 6.07) is 0. The summed E-state index contributed by atoms with van der Waals surface area (Å²) in [6.45, 7) is 5.92. The first kappa shape index (κ1) is 10.1. The van der Waals surface area contributed by atoms with Gasteiger partial charge in [0.1, 0.15) is 0 Å². The lowest BCUT2D eigenvalue weighted by atomic mass is 10.2. The summed E-state index contributed by atoms with van der Waals surface area (Å²) in [5.41, 5.74) is 0. The maximum absolute atomic E-state index is 4.50. The number of unbranched alkanes of at least 4 members (excludes halogenated alkanes) is 2. The van der Waals surface area contributed by atoms with E-state index in [-0.39, 0.29) is 0 Å². The quantitative estimate of drug-likeness (QED) is 0.465. The van der Waals surface area contributed by atoms with Gasteiger partial charge < -0.3 is 0 Å². The van der Waals surface area contributed by atoms with Crippen molar-refractivity contribution in [3.63, 3.8) is 0 Å². The zero-order chi connectivity index (χ0) is 6.12. The molecule has 0 N–H and O–H groups in total. The third-order valence-corrected chi connectivity index (χ3v) is 0.707. The van der Waals surface area contributed by atoms with Gasteiger partial charge >= 0.3 is 0 Å². The molecule has 0 aromatic carbocycles. The highest BCUT2D eigenvalue weighted by Gasteiger charge is 1.68. The lowest BCUT2D eigenvalue weighted by molar-refractivity contribution is 0.772. The second-order valence-electron chi connectivity index (χ2n) is 1.35. The molecule has 0 fully saturated rings. The van der Waals surface area contributed by atoms with Crippen LogP contribution in [0.3, 0.4) is 0 Å². The predicted molar refractivity (Wildman–Crippen MR) is 36.8 cm³/mol. The van der Waals surface area contributed by atoms with Crippen molar-refractivity contribution >= 4 is 7.85 Å². The van der Waals surface area contributed by atoms with Gasteiger partial charge in [-0.25, -0.2) is 0 Å². The summed E-state index contributed by atoms with van der Waals surface area (Å²) in [5, 5.41) is 0. The fourth-order valence-corrected chi connectivity index (χ4v) is 0.354. The standard InChI is InChI=1S/C5H12.CH3B/c1-3-5-4-2;1-2/h3-5H2,1-2H3;1H3. The van der Waals surface area contributed by atoms with Crippen molar-refractivity contribution in [2.24, 2.45) is 0 Å². The molecule has 42 valence electrons. The van der Waals surface area contributed by atoms with Gasteiger partial charge in [-0.1, -0.05) is 39.9 Å². The molecule has 0 aromatic heterocycles. The van der Waals surface area contributed by atoms with Crippen molar-refractivity contribution in [2.75, 3.05) is 0 Å². The summed E-state index contributed by atoms with van der Waals surface area (Å²) in [5.74, 6) is 0. The van der Waals surface area contributed by atoms with Crippen molar-refractivity contribution < 1.29 is 0 Å². The largest absolute Gasteiger partial charge is 0.0999 e. The van der Waals surface area contributed by atoms with Crippen LogP contribution < -0.4 is 0 Å². The molecule has 0 nitrogen and oxygen atoms in total. The van der Waals surface area contributed by atoms with Gasteiger partial charge in [0.2, 0.25) is 0 Å². The third-order valence-electron chi connectivity index (χ3n) is 0.707. The van der Waals surface area contributed by atoms with E-state index in [0.29, 0.717) is 0 Å². The highest BCUT2D eigenvalue weighted by Crippen LogP contribution is 1.88. The summed E-state index contributed by atoms with van der Waals surface area (Å²) in [6.07, 6.45) is 4.08. The van der Waals surface area contributed by atoms with Gasteiger partial charge in [-0.15, -0.1) is 0 Å². The van der Waals surface area contributed by atoms with Crippen LogP contribution in [0, 0.1) is 0 Å². The van der Waals surface area contributed by atoms with E-state index in [1.54, 1.807) is 0 Å². The minimum absolute atomic E-state index is 1.34. The average molecular weight is 98.0 g/mol. The third kappa shape index (κ3) is 23.5. The molecular weight excluding hydrogens is 82.9 g/mol. The van der Waals surface area contributed by atoms with E-state index >= 15 is 0 Å². The Morgan fingerprint density at radius 3 is 1.29 bits per heavy atom. The van der Waals surface area contributed by atoms with Crippen LogP contribution in [0.5, 0.6) is 0 Å². The Hall–Kier alpha value is 0.0649. The minimum atomic E-state index is 1.34. The molecule has 2 radical (unpaired) electrons. The summed E-state index contributed by atoms with van der Waals surface area (Å²) in [4.78, 5) is 0. The Labute approximate surface area is 48.7 Å². The molecule has 0 atom stereocenters. The summed E-state index contributed by atoms with van der Waals surface area (Å²) < 4.78 is 0. The van der Waals surface area contributed by atoms with Crippen molar-refractivity contribution in [3.8, 4) is 0 Å². The monoisotopic (exact) mass is 98.1 g/mol. The van der Waals surface area contributed by atoms with Crippen LogP contribution >= 0.6 is 0 Å². The van der Waals surface area contributed by atoms with Gasteiger partial charge in [0.05, 0.1) is 7.85 Å². The van der Waals surface area contributed by atoms with Gasteiger partial charge in [-0.05, 0) is 0 Å². The van der Waals surface area contributed by atoms with Crippen LogP contribution in [0.15, 0.2) is 0 Å². The van der Waals surface area contributed by atoms with Crippen LogP contribution in [-0.4, -0.2) is 7.85 Å². The normalized spacial score (nSPS) is 6.71. The Morgan fingerprint density at radius 1 is 1.00 bits per heavy atom. The van der Waals surface area contributed by atoms with Crippen molar-refractivity contribution in [1.29, 1.82) is 0 Å². The molecule has 0 aliphatic heterocycles. The highest BCUT2D eigenvalue weighted by atomic mass is 13.7. The maximum atomic E-state index is 4.50. The summed E-state index contributed by atoms with van der Waals surface area (Å²) >= 11 is 0. The molecule has 1 heteroatoms. The summed E-state index contributed by atoms with van der Waals surface area (Å²) in [7, 11) is 4.50. The maximum Gasteiger partial charge on any atom is 0.0606 e. The predicted octanol–water partition coefficient (Wildman–Crippen LogP) is 2.40. The topological polar surface area (TPSA) is 0 Å². The van der Waals surface area contributed by atoms with Crippen LogP contribution in [0.25, 0.3) is 0 Å². The number of hydrogen-bond donors (Lipinski definition) is 0. The van der Waals surface area contributed by atoms with E-state index < -0.39 is 0 Å². The van der Waals surface area contributed by atoms with E-state index in [1.165, 1.54) is 26.1 Å². The van der Waals surface area contributed by atoms with E-state index in [4.69, 9.17) is 0 Å². The zero-order valence-electron chi connectivity index (χ0n) is 5.70. The molecule has 0 rings (SSSR count). The highest BCUT2D eigenvalue weighted by molar-refractivity contribution is 6.05. The Kier molecular flexibility index (Phi) is 24.0. The smallest absolute Gasteiger partial charge is 0.0606 e. The SMILES string of the molecule is CCCCC.[B]C. The van der Waals surface area contributed by atoms with Crippen molar-refractivity contribution in [1.82, 2.24) is 0 Å². The fourth-order valence-electron chi connectivity index (χ4n) is 0.354. The van der Waals surface area contributed by atoms with Gasteiger partial charge in [0, 0.05) is 0 Å². The van der Waals surface area contributed by atoms with E-state index in [0.717, 1.165) is 0 Å². The van der Waals surface area contributed by atoms with Crippen LogP contribution in [-0.2, 0) is 0 Å². The molecular formula is C6H15B. The first-order valence-electron chi connectivity index (χ1n) is 2.99. The molecule has 0 aliphatic rings. The minimum Gasteiger partial charge on any atom is -0.0999 e. The van der Waals surface area contributed by atoms with Crippen molar-refractivity contribution in [3.05, 3.63) is 0 Å². The van der Waals surface area contributed by atoms with Gasteiger partial charge in [-0.2, -0.15) is 0 Å². The molecule has 0 amide bonds. The van der Waals surface area contributed by atoms with E-state index in [1.807, 2.05) is 0 Å².